The summed E-state index contributed by atoms with van der Waals surface area (Å²) in [5.41, 5.74) is 1.73. The second kappa shape index (κ2) is 16.4. The van der Waals surface area contributed by atoms with Crippen LogP contribution in [0.4, 0.5) is 22.7 Å². The van der Waals surface area contributed by atoms with E-state index in [0.29, 0.717) is 45.7 Å². The van der Waals surface area contributed by atoms with Crippen molar-refractivity contribution < 1.29 is 19.2 Å². The van der Waals surface area contributed by atoms with E-state index in [-0.39, 0.29) is 22.7 Å². The smallest absolute Gasteiger partial charge is 0.211 e. The average molecular weight is 813 g/mol. The van der Waals surface area contributed by atoms with Crippen molar-refractivity contribution in [1.29, 1.82) is 0 Å². The van der Waals surface area contributed by atoms with Crippen molar-refractivity contribution >= 4 is 47.1 Å². The quantitative estimate of drug-likeness (QED) is 0.112. The van der Waals surface area contributed by atoms with Crippen molar-refractivity contribution in [2.24, 2.45) is 20.0 Å². The summed E-state index contributed by atoms with van der Waals surface area (Å²) in [6.45, 7) is 0. The fourth-order valence-corrected chi connectivity index (χ4v) is 9.72. The van der Waals surface area contributed by atoms with Gasteiger partial charge < -0.3 is 0 Å². The lowest BCUT2D eigenvalue weighted by molar-refractivity contribution is 0.563. The van der Waals surface area contributed by atoms with Gasteiger partial charge in [-0.3, -0.25) is 0 Å². The van der Waals surface area contributed by atoms with Gasteiger partial charge in [0.15, 0.2) is 0 Å². The maximum atomic E-state index is 12.4. The maximum Gasteiger partial charge on any atom is 0.240 e. The summed E-state index contributed by atoms with van der Waals surface area (Å²) in [5, 5.41) is 14.5. The van der Waals surface area contributed by atoms with Crippen LogP contribution < -0.4 is 0 Å². The molecule has 0 unspecified atom stereocenters. The molecule has 0 spiro atoms. The molecule has 10 rings (SSSR count). The highest BCUT2D eigenvalue weighted by molar-refractivity contribution is 5.84. The molecule has 8 aromatic rings. The second-order valence-electron chi connectivity index (χ2n) is 15.2. The van der Waals surface area contributed by atoms with E-state index in [1.54, 1.807) is 36.5 Å². The Bertz CT molecular complexity index is 4340. The van der Waals surface area contributed by atoms with Gasteiger partial charge in [-0.25, -0.2) is 19.2 Å². The molecular formula is C55H32N4O4. The third kappa shape index (κ3) is 6.37. The Kier molecular flexibility index (Phi) is 10.0. The third-order valence-electron chi connectivity index (χ3n) is 12.1. The third-order valence-corrected chi connectivity index (χ3v) is 12.1. The molecule has 0 aromatic heterocycles. The van der Waals surface area contributed by atoms with Gasteiger partial charge in [-0.2, -0.15) is 20.0 Å². The van der Waals surface area contributed by atoms with Gasteiger partial charge in [0.05, 0.1) is 5.69 Å². The Hall–Kier alpha value is -8.72. The standard InChI is InChI=1S/C55H32N4O4/c60-30-56-48-29-13-27-46-42-23-6-4-19-38(42)41-22-8-10-25-45(41)50-47(53(57-31-61)55(59-33-63)54(58-32-62)52(50)51(46)48)28-12-15-34-14-11-26-44-40-20-5-3-18-37(40)35-16-1-2-17-36(35)39-21-7-9-24-43(39)49(34)44/h1-11,13-14,16-27,29H,12,15,28H2/b37-35-,39-36-,41-38-,44-40-,46-42-,49-43-,50-45-,52-51-. The number of isocyanates is 4. The van der Waals surface area contributed by atoms with Gasteiger partial charge in [0.25, 0.3) is 0 Å². The molecule has 296 valence electrons. The Morgan fingerprint density at radius 3 is 1.19 bits per heavy atom. The highest BCUT2D eigenvalue weighted by Gasteiger charge is 2.21. The van der Waals surface area contributed by atoms with Crippen LogP contribution in [0.3, 0.4) is 0 Å². The first-order chi connectivity index (χ1) is 31.2. The minimum atomic E-state index is -0.151. The van der Waals surface area contributed by atoms with Gasteiger partial charge in [-0.05, 0) is 110 Å². The number of nitrogens with zero attached hydrogens (tertiary/aromatic N) is 4. The van der Waals surface area contributed by atoms with Crippen molar-refractivity contribution in [2.75, 3.05) is 0 Å². The highest BCUT2D eigenvalue weighted by atomic mass is 16.1. The van der Waals surface area contributed by atoms with Crippen LogP contribution in [0.1, 0.15) is 17.5 Å². The molecule has 8 nitrogen and oxygen atoms in total. The molecular weight excluding hydrogens is 781 g/mol. The molecule has 8 heteroatoms. The monoisotopic (exact) mass is 812 g/mol. The molecule has 2 aliphatic rings. The van der Waals surface area contributed by atoms with E-state index < -0.39 is 0 Å². The zero-order valence-electron chi connectivity index (χ0n) is 33.6. The van der Waals surface area contributed by atoms with Crippen LogP contribution >= 0.6 is 0 Å². The Morgan fingerprint density at radius 1 is 0.302 bits per heavy atom. The molecule has 0 N–H and O–H groups in total. The molecule has 0 radical (unpaired) electrons. The van der Waals surface area contributed by atoms with E-state index >= 15 is 0 Å². The van der Waals surface area contributed by atoms with E-state index in [1.807, 2.05) is 54.6 Å². The highest BCUT2D eigenvalue weighted by Crippen LogP contribution is 2.44. The minimum absolute atomic E-state index is 0.0296. The molecule has 0 saturated heterocycles. The van der Waals surface area contributed by atoms with Crippen LogP contribution in [0.5, 0.6) is 0 Å². The summed E-state index contributed by atoms with van der Waals surface area (Å²) in [6.07, 6.45) is 8.10. The number of fused-ring (bicyclic) bond motifs is 8. The Morgan fingerprint density at radius 2 is 0.683 bits per heavy atom. The number of benzene rings is 8. The first kappa shape index (κ1) is 38.5. The fourth-order valence-electron chi connectivity index (χ4n) is 9.72. The molecule has 0 heterocycles. The van der Waals surface area contributed by atoms with Crippen molar-refractivity contribution in [3.05, 3.63) is 252 Å². The van der Waals surface area contributed by atoms with Crippen LogP contribution in [-0.4, -0.2) is 24.3 Å². The summed E-state index contributed by atoms with van der Waals surface area (Å²) in [6, 6.07) is 53.1. The first-order valence-corrected chi connectivity index (χ1v) is 20.4. The Labute approximate surface area is 356 Å². The largest absolute Gasteiger partial charge is 0.240 e. The number of rotatable bonds is 8. The SMILES string of the molecule is O=C=Nc1c(N=C=O)c(N=C=O)c2/c(c1CCCc1cccc3/c1=c1/cccc/c1=c1\cccc\c1=c1/cccc/c1=3)=c1/cccc/c1=c1\cccc\c1=c1/cccc(N=C=O)/c1=2. The van der Waals surface area contributed by atoms with E-state index in [4.69, 9.17) is 0 Å². The van der Waals surface area contributed by atoms with E-state index in [1.165, 1.54) is 5.22 Å². The number of carbonyl (C=O) groups excluding carboxylic acids is 4. The molecule has 0 aliphatic heterocycles. The maximum absolute atomic E-state index is 12.4. The molecule has 0 saturated carbocycles. The normalized spacial score (nSPS) is 15.6. The van der Waals surface area contributed by atoms with Gasteiger partial charge in [-0.15, -0.1) is 0 Å². The van der Waals surface area contributed by atoms with Gasteiger partial charge in [0, 0.05) is 10.4 Å². The van der Waals surface area contributed by atoms with Crippen molar-refractivity contribution in [2.45, 2.75) is 19.3 Å². The van der Waals surface area contributed by atoms with Crippen LogP contribution in [0, 0.1) is 83.5 Å². The minimum Gasteiger partial charge on any atom is -0.211 e. The molecule has 0 atom stereocenters. The summed E-state index contributed by atoms with van der Waals surface area (Å²) in [5.74, 6) is 0. The van der Waals surface area contributed by atoms with Gasteiger partial charge >= 0.3 is 0 Å². The van der Waals surface area contributed by atoms with E-state index in [0.717, 1.165) is 63.0 Å². The molecule has 8 aromatic carbocycles. The van der Waals surface area contributed by atoms with Gasteiger partial charge in [0.2, 0.25) is 24.3 Å². The molecule has 2 aliphatic carbocycles. The van der Waals surface area contributed by atoms with Gasteiger partial charge in [0.1, 0.15) is 17.1 Å². The number of hydrogen-bond donors (Lipinski definition) is 0. The average Bonchev–Trinajstić information content (AvgIpc) is 3.32. The second-order valence-corrected chi connectivity index (χ2v) is 15.2. The topological polar surface area (TPSA) is 118 Å². The molecule has 0 amide bonds. The Balaban J connectivity index is 1.37. The number of aliphatic imine (C=N–C) groups is 4. The summed E-state index contributed by atoms with van der Waals surface area (Å²) >= 11 is 0. The van der Waals surface area contributed by atoms with Crippen molar-refractivity contribution in [3.63, 3.8) is 0 Å². The van der Waals surface area contributed by atoms with Crippen LogP contribution in [0.25, 0.3) is 0 Å². The zero-order valence-corrected chi connectivity index (χ0v) is 33.6. The van der Waals surface area contributed by atoms with E-state index in [9.17, 15) is 19.2 Å². The van der Waals surface area contributed by atoms with Gasteiger partial charge in [-0.1, -0.05) is 152 Å². The van der Waals surface area contributed by atoms with Crippen LogP contribution in [0.15, 0.2) is 178 Å². The number of hydrogen-bond acceptors (Lipinski definition) is 8. The van der Waals surface area contributed by atoms with Crippen LogP contribution in [0.2, 0.25) is 0 Å². The summed E-state index contributed by atoms with van der Waals surface area (Å²) in [4.78, 5) is 65.7. The lowest BCUT2D eigenvalue weighted by atomic mass is 9.92. The predicted molar refractivity (Wildman–Crippen MR) is 236 cm³/mol. The lowest BCUT2D eigenvalue weighted by Crippen LogP contribution is -2.00. The predicted octanol–water partition coefficient (Wildman–Crippen LogP) is 10.7. The zero-order chi connectivity index (χ0) is 42.9. The fraction of sp³-hybridized carbons (Fsp3) is 0.0545. The van der Waals surface area contributed by atoms with Crippen molar-refractivity contribution in [3.8, 4) is 0 Å². The number of aryl methyl sites for hydroxylation is 1. The van der Waals surface area contributed by atoms with E-state index in [2.05, 4.69) is 111 Å². The van der Waals surface area contributed by atoms with Crippen LogP contribution in [-0.2, 0) is 32.0 Å². The molecule has 63 heavy (non-hydrogen) atoms. The van der Waals surface area contributed by atoms with Crippen molar-refractivity contribution in [1.82, 2.24) is 0 Å². The first-order valence-electron chi connectivity index (χ1n) is 20.4. The molecule has 0 bridgehead atoms. The molecule has 0 fully saturated rings. The summed E-state index contributed by atoms with van der Waals surface area (Å²) < 4.78 is 0. The summed E-state index contributed by atoms with van der Waals surface area (Å²) in [7, 11) is 0. The lowest BCUT2D eigenvalue weighted by Gasteiger charge is -2.15.